The van der Waals surface area contributed by atoms with Crippen LogP contribution in [0.25, 0.3) is 0 Å². The van der Waals surface area contributed by atoms with E-state index in [0.29, 0.717) is 10.7 Å². The molecular weight excluding hydrogens is 386 g/mol. The number of halogens is 4. The fourth-order valence-electron chi connectivity index (χ4n) is 1.32. The summed E-state index contributed by atoms with van der Waals surface area (Å²) in [6.07, 6.45) is 1.34. The molecule has 0 aliphatic carbocycles. The molecule has 1 N–H and O–H groups in total. The smallest absolute Gasteiger partial charge is 0.257 e. The molecule has 0 fully saturated rings. The number of hydrogen-bond donors (Lipinski definition) is 1. The monoisotopic (exact) mass is 390 g/mol. The minimum atomic E-state index is -0.848. The van der Waals surface area contributed by atoms with Crippen LogP contribution in [-0.2, 0) is 0 Å². The lowest BCUT2D eigenvalue weighted by molar-refractivity contribution is 0.102. The van der Waals surface area contributed by atoms with E-state index in [4.69, 9.17) is 0 Å². The van der Waals surface area contributed by atoms with E-state index in [1.807, 2.05) is 0 Å². The van der Waals surface area contributed by atoms with Gasteiger partial charge in [0.15, 0.2) is 0 Å². The highest BCUT2D eigenvalue weighted by Crippen LogP contribution is 2.24. The number of hydrogen-bond acceptors (Lipinski definition) is 2. The maximum absolute atomic E-state index is 13.5. The molecule has 0 atom stereocenters. The fraction of sp³-hybridized carbons (Fsp3) is 0. The van der Waals surface area contributed by atoms with Gasteiger partial charge in [-0.15, -0.1) is 0 Å². The van der Waals surface area contributed by atoms with Gasteiger partial charge in [0.05, 0.1) is 15.7 Å². The molecule has 0 radical (unpaired) electrons. The van der Waals surface area contributed by atoms with Crippen LogP contribution >= 0.6 is 31.9 Å². The van der Waals surface area contributed by atoms with Gasteiger partial charge in [-0.3, -0.25) is 4.79 Å². The zero-order valence-electron chi connectivity index (χ0n) is 9.25. The Balaban J connectivity index is 2.24. The molecule has 2 rings (SSSR count). The number of nitrogens with one attached hydrogen (secondary N) is 1. The van der Waals surface area contributed by atoms with Crippen LogP contribution in [0.1, 0.15) is 10.4 Å². The van der Waals surface area contributed by atoms with Crippen molar-refractivity contribution in [3.05, 3.63) is 56.7 Å². The molecule has 0 saturated carbocycles. The normalized spacial score (nSPS) is 10.3. The second kappa shape index (κ2) is 5.75. The van der Waals surface area contributed by atoms with E-state index in [1.165, 1.54) is 12.3 Å². The van der Waals surface area contributed by atoms with E-state index in [-0.39, 0.29) is 15.7 Å². The maximum Gasteiger partial charge on any atom is 0.257 e. The van der Waals surface area contributed by atoms with Crippen molar-refractivity contribution < 1.29 is 13.6 Å². The number of pyridine rings is 1. The van der Waals surface area contributed by atoms with Crippen LogP contribution in [0.3, 0.4) is 0 Å². The first-order valence-corrected chi connectivity index (χ1v) is 6.63. The lowest BCUT2D eigenvalue weighted by atomic mass is 10.2. The summed E-state index contributed by atoms with van der Waals surface area (Å²) in [5.74, 6) is -2.11. The standard InChI is InChI=1S/C12H6Br2F2N2O/c13-7-3-10(9(16)4-8(7)15)18-12(19)6-1-2-11(14)17-5-6/h1-5H,(H,18,19). The number of benzene rings is 1. The summed E-state index contributed by atoms with van der Waals surface area (Å²) >= 11 is 6.06. The van der Waals surface area contributed by atoms with Gasteiger partial charge in [0.2, 0.25) is 0 Å². The van der Waals surface area contributed by atoms with Crippen LogP contribution in [-0.4, -0.2) is 10.9 Å². The van der Waals surface area contributed by atoms with Gasteiger partial charge >= 0.3 is 0 Å². The summed E-state index contributed by atoms with van der Waals surface area (Å²) in [7, 11) is 0. The van der Waals surface area contributed by atoms with E-state index in [9.17, 15) is 13.6 Å². The number of nitrogens with zero attached hydrogens (tertiary/aromatic N) is 1. The highest BCUT2D eigenvalue weighted by Gasteiger charge is 2.12. The highest BCUT2D eigenvalue weighted by atomic mass is 79.9. The van der Waals surface area contributed by atoms with Crippen LogP contribution in [0.4, 0.5) is 14.5 Å². The van der Waals surface area contributed by atoms with Gasteiger partial charge in [0.1, 0.15) is 16.2 Å². The van der Waals surface area contributed by atoms with Gasteiger partial charge in [-0.2, -0.15) is 0 Å². The largest absolute Gasteiger partial charge is 0.319 e. The quantitative estimate of drug-likeness (QED) is 0.617. The Labute approximate surface area is 124 Å². The van der Waals surface area contributed by atoms with E-state index in [0.717, 1.165) is 6.07 Å². The second-order valence-corrected chi connectivity index (χ2v) is 5.24. The predicted molar refractivity (Wildman–Crippen MR) is 73.9 cm³/mol. The molecule has 2 aromatic rings. The SMILES string of the molecule is O=C(Nc1cc(Br)c(F)cc1F)c1ccc(Br)nc1. The molecule has 0 spiro atoms. The zero-order valence-corrected chi connectivity index (χ0v) is 12.4. The van der Waals surface area contributed by atoms with Crippen LogP contribution < -0.4 is 5.32 Å². The van der Waals surface area contributed by atoms with Gasteiger partial charge in [0, 0.05) is 12.3 Å². The minimum Gasteiger partial charge on any atom is -0.319 e. The van der Waals surface area contributed by atoms with Crippen molar-refractivity contribution in [2.24, 2.45) is 0 Å². The lowest BCUT2D eigenvalue weighted by Gasteiger charge is -2.07. The molecule has 0 unspecified atom stereocenters. The zero-order chi connectivity index (χ0) is 14.0. The summed E-state index contributed by atoms with van der Waals surface area (Å²) in [5, 5.41) is 2.35. The molecule has 0 saturated heterocycles. The maximum atomic E-state index is 13.5. The van der Waals surface area contributed by atoms with Crippen molar-refractivity contribution in [3.8, 4) is 0 Å². The Kier molecular flexibility index (Phi) is 4.26. The number of carbonyl (C=O) groups excluding carboxylic acids is 1. The summed E-state index contributed by atoms with van der Waals surface area (Å²) in [4.78, 5) is 15.7. The average molecular weight is 392 g/mol. The van der Waals surface area contributed by atoms with Crippen LogP contribution in [0.2, 0.25) is 0 Å². The van der Waals surface area contributed by atoms with Crippen molar-refractivity contribution in [1.29, 1.82) is 0 Å². The molecule has 0 aliphatic heterocycles. The molecule has 7 heteroatoms. The number of rotatable bonds is 2. The Morgan fingerprint density at radius 2 is 1.89 bits per heavy atom. The first-order chi connectivity index (χ1) is 8.97. The second-order valence-electron chi connectivity index (χ2n) is 3.57. The summed E-state index contributed by atoms with van der Waals surface area (Å²) < 4.78 is 27.2. The Morgan fingerprint density at radius 3 is 2.53 bits per heavy atom. The fourth-order valence-corrected chi connectivity index (χ4v) is 1.90. The number of carbonyl (C=O) groups is 1. The van der Waals surface area contributed by atoms with Crippen molar-refractivity contribution in [3.63, 3.8) is 0 Å². The van der Waals surface area contributed by atoms with Gasteiger partial charge in [-0.25, -0.2) is 13.8 Å². The number of amides is 1. The molecule has 3 nitrogen and oxygen atoms in total. The third kappa shape index (κ3) is 3.36. The van der Waals surface area contributed by atoms with E-state index in [1.54, 1.807) is 6.07 Å². The third-order valence-electron chi connectivity index (χ3n) is 2.25. The van der Waals surface area contributed by atoms with Gasteiger partial charge in [-0.1, -0.05) is 0 Å². The van der Waals surface area contributed by atoms with Crippen molar-refractivity contribution in [1.82, 2.24) is 4.98 Å². The molecule has 19 heavy (non-hydrogen) atoms. The molecule has 1 amide bonds. The Hall–Kier alpha value is -1.34. The van der Waals surface area contributed by atoms with Crippen molar-refractivity contribution >= 4 is 43.5 Å². The number of anilines is 1. The third-order valence-corrected chi connectivity index (χ3v) is 3.32. The molecular formula is C12H6Br2F2N2O. The van der Waals surface area contributed by atoms with Crippen LogP contribution in [0, 0.1) is 11.6 Å². The first-order valence-electron chi connectivity index (χ1n) is 5.05. The molecule has 1 aromatic heterocycles. The van der Waals surface area contributed by atoms with Gasteiger partial charge in [0.25, 0.3) is 5.91 Å². The molecule has 0 bridgehead atoms. The lowest BCUT2D eigenvalue weighted by Crippen LogP contribution is -2.13. The minimum absolute atomic E-state index is 0.0677. The molecule has 1 aromatic carbocycles. The summed E-state index contributed by atoms with van der Waals surface area (Å²) in [6, 6.07) is 4.98. The Bertz CT molecular complexity index is 632. The summed E-state index contributed by atoms with van der Waals surface area (Å²) in [5.41, 5.74) is 0.157. The molecule has 0 aliphatic rings. The Morgan fingerprint density at radius 1 is 1.16 bits per heavy atom. The van der Waals surface area contributed by atoms with E-state index in [2.05, 4.69) is 42.2 Å². The first kappa shape index (κ1) is 14.1. The van der Waals surface area contributed by atoms with Gasteiger partial charge in [-0.05, 0) is 50.1 Å². The number of aromatic nitrogens is 1. The van der Waals surface area contributed by atoms with Crippen LogP contribution in [0.5, 0.6) is 0 Å². The van der Waals surface area contributed by atoms with E-state index < -0.39 is 17.5 Å². The van der Waals surface area contributed by atoms with Crippen molar-refractivity contribution in [2.45, 2.75) is 0 Å². The molecule has 98 valence electrons. The van der Waals surface area contributed by atoms with Gasteiger partial charge < -0.3 is 5.32 Å². The highest BCUT2D eigenvalue weighted by molar-refractivity contribution is 9.10. The van der Waals surface area contributed by atoms with E-state index >= 15 is 0 Å². The molecule has 1 heterocycles. The topological polar surface area (TPSA) is 42.0 Å². The summed E-state index contributed by atoms with van der Waals surface area (Å²) in [6.45, 7) is 0. The van der Waals surface area contributed by atoms with Crippen LogP contribution in [0.15, 0.2) is 39.5 Å². The predicted octanol–water partition coefficient (Wildman–Crippen LogP) is 4.14. The van der Waals surface area contributed by atoms with Crippen molar-refractivity contribution in [2.75, 3.05) is 5.32 Å². The average Bonchev–Trinajstić information content (AvgIpc) is 2.36.